The second-order valence-corrected chi connectivity index (χ2v) is 10.3. The molecule has 1 aliphatic heterocycles. The quantitative estimate of drug-likeness (QED) is 0.321. The number of nitrogens with zero attached hydrogens (tertiary/aromatic N) is 4. The Kier molecular flexibility index (Phi) is 8.56. The fourth-order valence-electron chi connectivity index (χ4n) is 4.45. The monoisotopic (exact) mass is 516 g/mol. The molecular weight excluding hydrogens is 487 g/mol. The highest BCUT2D eigenvalue weighted by atomic mass is 35.5. The van der Waals surface area contributed by atoms with Gasteiger partial charge in [0.1, 0.15) is 0 Å². The van der Waals surface area contributed by atoms with Crippen LogP contribution in [0, 0.1) is 0 Å². The Bertz CT molecular complexity index is 1130. The summed E-state index contributed by atoms with van der Waals surface area (Å²) in [5.41, 5.74) is 4.23. The van der Waals surface area contributed by atoms with E-state index in [0.717, 1.165) is 50.0 Å². The molecule has 0 unspecified atom stereocenters. The van der Waals surface area contributed by atoms with Crippen LogP contribution in [-0.4, -0.2) is 44.4 Å². The lowest BCUT2D eigenvalue weighted by Crippen LogP contribution is -2.33. The van der Waals surface area contributed by atoms with Gasteiger partial charge < -0.3 is 4.90 Å². The number of para-hydroxylation sites is 1. The lowest BCUT2D eigenvalue weighted by atomic mass is 10.0. The van der Waals surface area contributed by atoms with E-state index in [1.807, 2.05) is 17.0 Å². The number of carbonyl (C=O) groups excluding carboxylic acids is 1. The first-order valence-electron chi connectivity index (χ1n) is 12.0. The summed E-state index contributed by atoms with van der Waals surface area (Å²) in [5.74, 6) is 1.15. The third kappa shape index (κ3) is 5.45. The van der Waals surface area contributed by atoms with E-state index in [1.165, 1.54) is 35.7 Å². The highest BCUT2D eigenvalue weighted by Gasteiger charge is 2.23. The van der Waals surface area contributed by atoms with Crippen LogP contribution in [0.25, 0.3) is 17.1 Å². The number of hydrogen-bond donors (Lipinski definition) is 0. The van der Waals surface area contributed by atoms with Gasteiger partial charge in [0, 0.05) is 23.7 Å². The summed E-state index contributed by atoms with van der Waals surface area (Å²) in [6.45, 7) is 5.98. The van der Waals surface area contributed by atoms with Crippen LogP contribution in [0.15, 0.2) is 41.6 Å². The van der Waals surface area contributed by atoms with Crippen LogP contribution in [0.2, 0.25) is 10.0 Å². The maximum Gasteiger partial charge on any atom is 0.233 e. The topological polar surface area (TPSA) is 51.0 Å². The lowest BCUT2D eigenvalue weighted by molar-refractivity contribution is -0.128. The van der Waals surface area contributed by atoms with Gasteiger partial charge in [0.15, 0.2) is 11.0 Å². The van der Waals surface area contributed by atoms with E-state index in [9.17, 15) is 4.79 Å². The van der Waals surface area contributed by atoms with Crippen LogP contribution in [0.5, 0.6) is 0 Å². The van der Waals surface area contributed by atoms with Crippen LogP contribution in [0.4, 0.5) is 0 Å². The van der Waals surface area contributed by atoms with Crippen LogP contribution in [-0.2, 0) is 17.6 Å². The van der Waals surface area contributed by atoms with Crippen LogP contribution < -0.4 is 0 Å². The standard InChI is InChI=1S/C26H30Cl2N4OS/c1-3-18-10-9-11-19(4-2)24(18)32-25(21-13-12-20(27)16-22(21)28)29-30-26(32)34-17-23(33)31-14-7-5-6-8-15-31/h9-13,16H,3-8,14-15,17H2,1-2H3. The smallest absolute Gasteiger partial charge is 0.233 e. The summed E-state index contributed by atoms with van der Waals surface area (Å²) in [4.78, 5) is 15.0. The minimum Gasteiger partial charge on any atom is -0.342 e. The van der Waals surface area contributed by atoms with Crippen molar-refractivity contribution in [2.45, 2.75) is 57.5 Å². The first kappa shape index (κ1) is 25.1. The Morgan fingerprint density at radius 3 is 2.26 bits per heavy atom. The van der Waals surface area contributed by atoms with E-state index in [4.69, 9.17) is 23.2 Å². The first-order chi connectivity index (χ1) is 16.5. The normalized spacial score (nSPS) is 14.3. The Morgan fingerprint density at radius 2 is 1.65 bits per heavy atom. The summed E-state index contributed by atoms with van der Waals surface area (Å²) in [6, 6.07) is 11.8. The van der Waals surface area contributed by atoms with Gasteiger partial charge >= 0.3 is 0 Å². The molecule has 1 amide bonds. The Balaban J connectivity index is 1.76. The van der Waals surface area contributed by atoms with Gasteiger partial charge in [-0.05, 0) is 55.0 Å². The van der Waals surface area contributed by atoms with E-state index in [0.29, 0.717) is 26.8 Å². The molecule has 1 aliphatic rings. The molecule has 0 aliphatic carbocycles. The summed E-state index contributed by atoms with van der Waals surface area (Å²) in [6.07, 6.45) is 6.29. The summed E-state index contributed by atoms with van der Waals surface area (Å²) in [7, 11) is 0. The molecule has 180 valence electrons. The number of rotatable bonds is 7. The molecule has 2 heterocycles. The van der Waals surface area contributed by atoms with E-state index >= 15 is 0 Å². The molecule has 0 bridgehead atoms. The Morgan fingerprint density at radius 1 is 0.971 bits per heavy atom. The average molecular weight is 518 g/mol. The third-order valence-electron chi connectivity index (χ3n) is 6.28. The van der Waals surface area contributed by atoms with Crippen molar-refractivity contribution in [2.24, 2.45) is 0 Å². The predicted molar refractivity (Wildman–Crippen MR) is 141 cm³/mol. The van der Waals surface area contributed by atoms with Gasteiger partial charge in [0.05, 0.1) is 16.5 Å². The molecule has 0 saturated carbocycles. The van der Waals surface area contributed by atoms with E-state index in [2.05, 4.69) is 46.8 Å². The second kappa shape index (κ2) is 11.6. The van der Waals surface area contributed by atoms with Gasteiger partial charge in [-0.1, -0.05) is 79.9 Å². The molecule has 1 fully saturated rings. The van der Waals surface area contributed by atoms with Crippen molar-refractivity contribution in [2.75, 3.05) is 18.8 Å². The molecule has 0 atom stereocenters. The third-order valence-corrected chi connectivity index (χ3v) is 7.74. The second-order valence-electron chi connectivity index (χ2n) is 8.48. The average Bonchev–Trinajstić information content (AvgIpc) is 3.05. The number of aromatic nitrogens is 3. The molecular formula is C26H30Cl2N4OS. The lowest BCUT2D eigenvalue weighted by Gasteiger charge is -2.21. The number of thioether (sulfide) groups is 1. The highest BCUT2D eigenvalue weighted by molar-refractivity contribution is 7.99. The molecule has 1 saturated heterocycles. The Hall–Kier alpha value is -2.02. The first-order valence-corrected chi connectivity index (χ1v) is 13.7. The van der Waals surface area contributed by atoms with Crippen molar-refractivity contribution in [1.29, 1.82) is 0 Å². The SMILES string of the molecule is CCc1cccc(CC)c1-n1c(SCC(=O)N2CCCCCC2)nnc1-c1ccc(Cl)cc1Cl. The van der Waals surface area contributed by atoms with Crippen molar-refractivity contribution in [3.05, 3.63) is 57.6 Å². The highest BCUT2D eigenvalue weighted by Crippen LogP contribution is 2.36. The van der Waals surface area contributed by atoms with E-state index < -0.39 is 0 Å². The van der Waals surface area contributed by atoms with Crippen molar-refractivity contribution < 1.29 is 4.79 Å². The van der Waals surface area contributed by atoms with Gasteiger partial charge in [-0.2, -0.15) is 0 Å². The predicted octanol–water partition coefficient (Wildman–Crippen LogP) is 6.86. The Labute approximate surface area is 215 Å². The number of halogens is 2. The summed E-state index contributed by atoms with van der Waals surface area (Å²) >= 11 is 14.2. The molecule has 5 nitrogen and oxygen atoms in total. The largest absolute Gasteiger partial charge is 0.342 e. The van der Waals surface area contributed by atoms with Crippen molar-refractivity contribution in [1.82, 2.24) is 19.7 Å². The molecule has 1 aromatic heterocycles. The minimum atomic E-state index is 0.159. The molecule has 0 radical (unpaired) electrons. The molecule has 4 rings (SSSR count). The number of carbonyl (C=O) groups is 1. The molecule has 2 aromatic carbocycles. The van der Waals surface area contributed by atoms with E-state index in [-0.39, 0.29) is 5.91 Å². The summed E-state index contributed by atoms with van der Waals surface area (Å²) in [5, 5.41) is 10.9. The van der Waals surface area contributed by atoms with Crippen LogP contribution >= 0.6 is 35.0 Å². The molecule has 0 spiro atoms. The zero-order valence-corrected chi connectivity index (χ0v) is 22.0. The summed E-state index contributed by atoms with van der Waals surface area (Å²) < 4.78 is 2.08. The minimum absolute atomic E-state index is 0.159. The molecule has 8 heteroatoms. The number of aryl methyl sites for hydroxylation is 2. The number of likely N-dealkylation sites (tertiary alicyclic amines) is 1. The molecule has 3 aromatic rings. The fraction of sp³-hybridized carbons (Fsp3) is 0.423. The maximum absolute atomic E-state index is 13.0. The van der Waals surface area contributed by atoms with Gasteiger partial charge in [-0.15, -0.1) is 10.2 Å². The van der Waals surface area contributed by atoms with Crippen molar-refractivity contribution >= 4 is 40.9 Å². The molecule has 0 N–H and O–H groups in total. The number of amides is 1. The maximum atomic E-state index is 13.0. The van der Waals surface area contributed by atoms with Gasteiger partial charge in [-0.25, -0.2) is 0 Å². The van der Waals surface area contributed by atoms with Crippen molar-refractivity contribution in [3.8, 4) is 17.1 Å². The van der Waals surface area contributed by atoms with Gasteiger partial charge in [0.25, 0.3) is 0 Å². The van der Waals surface area contributed by atoms with Gasteiger partial charge in [-0.3, -0.25) is 9.36 Å². The van der Waals surface area contributed by atoms with E-state index in [1.54, 1.807) is 6.07 Å². The van der Waals surface area contributed by atoms with Crippen LogP contribution in [0.3, 0.4) is 0 Å². The fourth-order valence-corrected chi connectivity index (χ4v) is 5.78. The van der Waals surface area contributed by atoms with Crippen molar-refractivity contribution in [3.63, 3.8) is 0 Å². The number of benzene rings is 2. The zero-order valence-electron chi connectivity index (χ0n) is 19.7. The molecule has 34 heavy (non-hydrogen) atoms. The number of hydrogen-bond acceptors (Lipinski definition) is 4. The van der Waals surface area contributed by atoms with Crippen LogP contribution in [0.1, 0.15) is 50.7 Å². The zero-order chi connectivity index (χ0) is 24.1. The van der Waals surface area contributed by atoms with Gasteiger partial charge in [0.2, 0.25) is 5.91 Å².